The Morgan fingerprint density at radius 2 is 1.83 bits per heavy atom. The van der Waals surface area contributed by atoms with Gasteiger partial charge in [0.1, 0.15) is 0 Å². The molecular formula is C17H20N2O5. The zero-order chi connectivity index (χ0) is 17.9. The highest BCUT2D eigenvalue weighted by Gasteiger charge is 2.60. The van der Waals surface area contributed by atoms with Crippen molar-refractivity contribution < 1.29 is 23.9 Å². The SMILES string of the molecule is CCC(=O)OC1(C(C)c2ccccc2)C(=O)NC(=O)N(CC)C1=O. The first-order chi connectivity index (χ1) is 11.4. The Bertz CT molecular complexity index is 673. The Balaban J connectivity index is 2.58. The van der Waals surface area contributed by atoms with Crippen molar-refractivity contribution >= 4 is 23.8 Å². The molecule has 7 heteroatoms. The van der Waals surface area contributed by atoms with Crippen LogP contribution in [0.5, 0.6) is 0 Å². The van der Waals surface area contributed by atoms with Gasteiger partial charge in [0.05, 0.1) is 0 Å². The molecule has 0 aromatic heterocycles. The van der Waals surface area contributed by atoms with Crippen LogP contribution >= 0.6 is 0 Å². The molecule has 0 spiro atoms. The summed E-state index contributed by atoms with van der Waals surface area (Å²) >= 11 is 0. The average Bonchev–Trinajstić information content (AvgIpc) is 2.58. The predicted molar refractivity (Wildman–Crippen MR) is 84.9 cm³/mol. The van der Waals surface area contributed by atoms with Crippen molar-refractivity contribution in [2.75, 3.05) is 6.54 Å². The topological polar surface area (TPSA) is 92.8 Å². The summed E-state index contributed by atoms with van der Waals surface area (Å²) in [6.45, 7) is 4.86. The average molecular weight is 332 g/mol. The summed E-state index contributed by atoms with van der Waals surface area (Å²) in [7, 11) is 0. The molecule has 1 aromatic rings. The highest BCUT2D eigenvalue weighted by Crippen LogP contribution is 2.36. The van der Waals surface area contributed by atoms with Gasteiger partial charge in [-0.15, -0.1) is 0 Å². The van der Waals surface area contributed by atoms with Crippen molar-refractivity contribution in [3.05, 3.63) is 35.9 Å². The number of ether oxygens (including phenoxy) is 1. The highest BCUT2D eigenvalue weighted by molar-refractivity contribution is 6.22. The van der Waals surface area contributed by atoms with Gasteiger partial charge in [-0.1, -0.05) is 44.2 Å². The summed E-state index contributed by atoms with van der Waals surface area (Å²) in [5.41, 5.74) is -1.45. The van der Waals surface area contributed by atoms with E-state index in [0.29, 0.717) is 5.56 Å². The molecule has 24 heavy (non-hydrogen) atoms. The molecule has 1 aliphatic rings. The molecule has 4 amide bonds. The van der Waals surface area contributed by atoms with E-state index in [1.165, 1.54) is 0 Å². The number of nitrogens with one attached hydrogen (secondary N) is 1. The monoisotopic (exact) mass is 332 g/mol. The molecule has 2 unspecified atom stereocenters. The quantitative estimate of drug-likeness (QED) is 0.653. The van der Waals surface area contributed by atoms with Crippen molar-refractivity contribution in [3.63, 3.8) is 0 Å². The van der Waals surface area contributed by atoms with Gasteiger partial charge in [0.25, 0.3) is 17.4 Å². The molecule has 1 N–H and O–H groups in total. The first-order valence-corrected chi connectivity index (χ1v) is 7.82. The molecule has 0 radical (unpaired) electrons. The van der Waals surface area contributed by atoms with Crippen LogP contribution in [0.1, 0.15) is 38.7 Å². The molecule has 128 valence electrons. The molecule has 0 aliphatic carbocycles. The van der Waals surface area contributed by atoms with Gasteiger partial charge in [-0.3, -0.25) is 24.6 Å². The Labute approximate surface area is 140 Å². The van der Waals surface area contributed by atoms with E-state index in [1.807, 2.05) is 0 Å². The summed E-state index contributed by atoms with van der Waals surface area (Å²) in [6.07, 6.45) is 0.00386. The Hall–Kier alpha value is -2.70. The molecule has 1 saturated heterocycles. The van der Waals surface area contributed by atoms with E-state index in [0.717, 1.165) is 4.90 Å². The molecule has 1 fully saturated rings. The number of hydrogen-bond donors (Lipinski definition) is 1. The summed E-state index contributed by atoms with van der Waals surface area (Å²) in [5.74, 6) is -3.19. The van der Waals surface area contributed by atoms with Crippen molar-refractivity contribution in [2.24, 2.45) is 0 Å². The van der Waals surface area contributed by atoms with Crippen molar-refractivity contribution in [1.82, 2.24) is 10.2 Å². The van der Waals surface area contributed by atoms with E-state index in [1.54, 1.807) is 51.1 Å². The van der Waals surface area contributed by atoms with Gasteiger partial charge in [0.15, 0.2) is 0 Å². The van der Waals surface area contributed by atoms with E-state index in [2.05, 4.69) is 5.32 Å². The molecule has 1 heterocycles. The fraction of sp³-hybridized carbons (Fsp3) is 0.412. The number of benzene rings is 1. The third kappa shape index (κ3) is 2.77. The van der Waals surface area contributed by atoms with Crippen LogP contribution in [0.4, 0.5) is 4.79 Å². The van der Waals surface area contributed by atoms with E-state index in [4.69, 9.17) is 4.74 Å². The number of rotatable bonds is 5. The lowest BCUT2D eigenvalue weighted by Gasteiger charge is -2.41. The summed E-state index contributed by atoms with van der Waals surface area (Å²) in [4.78, 5) is 50.2. The normalized spacial score (nSPS) is 22.1. The number of nitrogens with zero attached hydrogens (tertiary/aromatic N) is 1. The van der Waals surface area contributed by atoms with E-state index < -0.39 is 35.3 Å². The Morgan fingerprint density at radius 1 is 1.21 bits per heavy atom. The van der Waals surface area contributed by atoms with Crippen LogP contribution in [0.3, 0.4) is 0 Å². The molecule has 2 rings (SSSR count). The molecule has 0 bridgehead atoms. The fourth-order valence-electron chi connectivity index (χ4n) is 2.72. The summed E-state index contributed by atoms with van der Waals surface area (Å²) in [6, 6.07) is 7.98. The van der Waals surface area contributed by atoms with Gasteiger partial charge in [-0.25, -0.2) is 4.79 Å². The Morgan fingerprint density at radius 3 is 2.38 bits per heavy atom. The van der Waals surface area contributed by atoms with Crippen molar-refractivity contribution in [2.45, 2.75) is 38.7 Å². The molecule has 1 aromatic carbocycles. The second-order valence-electron chi connectivity index (χ2n) is 5.50. The number of barbiturate groups is 1. The molecular weight excluding hydrogens is 312 g/mol. The third-order valence-electron chi connectivity index (χ3n) is 4.15. The van der Waals surface area contributed by atoms with E-state index >= 15 is 0 Å². The van der Waals surface area contributed by atoms with Crippen LogP contribution in [-0.2, 0) is 19.1 Å². The zero-order valence-electron chi connectivity index (χ0n) is 13.9. The van der Waals surface area contributed by atoms with Crippen molar-refractivity contribution in [3.8, 4) is 0 Å². The minimum Gasteiger partial charge on any atom is -0.438 e. The van der Waals surface area contributed by atoms with Crippen LogP contribution in [0.2, 0.25) is 0 Å². The lowest BCUT2D eigenvalue weighted by atomic mass is 9.80. The maximum Gasteiger partial charge on any atom is 0.330 e. The number of hydrogen-bond acceptors (Lipinski definition) is 5. The smallest absolute Gasteiger partial charge is 0.330 e. The van der Waals surface area contributed by atoms with Crippen LogP contribution in [0, 0.1) is 0 Å². The number of esters is 1. The van der Waals surface area contributed by atoms with Gasteiger partial charge < -0.3 is 4.74 Å². The second-order valence-corrected chi connectivity index (χ2v) is 5.50. The zero-order valence-corrected chi connectivity index (χ0v) is 13.9. The second kappa shape index (κ2) is 6.82. The number of carbonyl (C=O) groups is 4. The first-order valence-electron chi connectivity index (χ1n) is 7.82. The number of imide groups is 2. The van der Waals surface area contributed by atoms with Crippen molar-refractivity contribution in [1.29, 1.82) is 0 Å². The third-order valence-corrected chi connectivity index (χ3v) is 4.15. The number of carbonyl (C=O) groups excluding carboxylic acids is 4. The standard InChI is InChI=1S/C17H20N2O5/c1-4-13(20)24-17(11(3)12-9-7-6-8-10-12)14(21)18-16(23)19(5-2)15(17)22/h6-11H,4-5H2,1-3H3,(H,18,21,23). The first kappa shape index (κ1) is 17.7. The van der Waals surface area contributed by atoms with Crippen LogP contribution < -0.4 is 5.32 Å². The highest BCUT2D eigenvalue weighted by atomic mass is 16.6. The minimum absolute atomic E-state index is 0.00386. The van der Waals surface area contributed by atoms with Gasteiger partial charge in [0.2, 0.25) is 0 Å². The molecule has 2 atom stereocenters. The van der Waals surface area contributed by atoms with Gasteiger partial charge in [-0.2, -0.15) is 0 Å². The van der Waals surface area contributed by atoms with Crippen LogP contribution in [-0.4, -0.2) is 40.9 Å². The fourth-order valence-corrected chi connectivity index (χ4v) is 2.72. The summed E-state index contributed by atoms with van der Waals surface area (Å²) in [5, 5.41) is 2.13. The molecule has 1 aliphatic heterocycles. The van der Waals surface area contributed by atoms with Crippen LogP contribution in [0.15, 0.2) is 30.3 Å². The van der Waals surface area contributed by atoms with E-state index in [-0.39, 0.29) is 13.0 Å². The number of amides is 4. The lowest BCUT2D eigenvalue weighted by molar-refractivity contribution is -0.182. The maximum atomic E-state index is 12.9. The molecule has 7 nitrogen and oxygen atoms in total. The van der Waals surface area contributed by atoms with Gasteiger partial charge in [0, 0.05) is 18.9 Å². The van der Waals surface area contributed by atoms with Gasteiger partial charge >= 0.3 is 12.0 Å². The Kier molecular flexibility index (Phi) is 5.02. The van der Waals surface area contributed by atoms with Crippen LogP contribution in [0.25, 0.3) is 0 Å². The molecule has 0 saturated carbocycles. The predicted octanol–water partition coefficient (Wildman–Crippen LogP) is 1.58. The maximum absolute atomic E-state index is 12.9. The number of likely N-dealkylation sites (N-methyl/N-ethyl adjacent to an activating group) is 1. The van der Waals surface area contributed by atoms with E-state index in [9.17, 15) is 19.2 Å². The minimum atomic E-state index is -2.10. The van der Waals surface area contributed by atoms with Gasteiger partial charge in [-0.05, 0) is 12.5 Å². The lowest BCUT2D eigenvalue weighted by Crippen LogP contribution is -2.70. The summed E-state index contributed by atoms with van der Waals surface area (Å²) < 4.78 is 5.35. The number of urea groups is 1. The largest absolute Gasteiger partial charge is 0.438 e.